The quantitative estimate of drug-likeness (QED) is 0.457. The molecule has 2 aromatic carbocycles. The smallest absolute Gasteiger partial charge is 0.244 e. The molecular formula is C26H34ClN3O6S. The molecule has 1 aliphatic carbocycles. The fourth-order valence-electron chi connectivity index (χ4n) is 4.40. The third-order valence-corrected chi connectivity index (χ3v) is 7.82. The molecule has 0 radical (unpaired) electrons. The van der Waals surface area contributed by atoms with Crippen LogP contribution in [-0.2, 0) is 26.2 Å². The van der Waals surface area contributed by atoms with Crippen LogP contribution in [0.1, 0.15) is 38.2 Å². The lowest BCUT2D eigenvalue weighted by Gasteiger charge is -2.32. The van der Waals surface area contributed by atoms with Crippen molar-refractivity contribution in [1.82, 2.24) is 10.2 Å². The van der Waals surface area contributed by atoms with E-state index in [9.17, 15) is 18.0 Å². The molecule has 0 unspecified atom stereocenters. The Bertz CT molecular complexity index is 1220. The van der Waals surface area contributed by atoms with Crippen molar-refractivity contribution in [3.8, 4) is 11.5 Å². The predicted molar refractivity (Wildman–Crippen MR) is 144 cm³/mol. The van der Waals surface area contributed by atoms with Gasteiger partial charge >= 0.3 is 0 Å². The molecule has 0 saturated heterocycles. The van der Waals surface area contributed by atoms with Gasteiger partial charge < -0.3 is 19.7 Å². The third-order valence-electron chi connectivity index (χ3n) is 6.45. The van der Waals surface area contributed by atoms with Crippen LogP contribution in [0.3, 0.4) is 0 Å². The number of rotatable bonds is 11. The monoisotopic (exact) mass is 551 g/mol. The number of halogens is 1. The highest BCUT2D eigenvalue weighted by atomic mass is 35.5. The van der Waals surface area contributed by atoms with Crippen LogP contribution in [0.25, 0.3) is 0 Å². The summed E-state index contributed by atoms with van der Waals surface area (Å²) in [4.78, 5) is 28.2. The summed E-state index contributed by atoms with van der Waals surface area (Å²) in [5.41, 5.74) is 0.956. The first kappa shape index (κ1) is 28.6. The minimum absolute atomic E-state index is 0.0809. The van der Waals surface area contributed by atoms with Gasteiger partial charge in [-0.2, -0.15) is 0 Å². The van der Waals surface area contributed by atoms with Crippen molar-refractivity contribution >= 4 is 39.1 Å². The van der Waals surface area contributed by atoms with Crippen LogP contribution in [0.15, 0.2) is 42.5 Å². The Morgan fingerprint density at radius 1 is 1.08 bits per heavy atom. The Kier molecular flexibility index (Phi) is 9.67. The number of carbonyl (C=O) groups excluding carboxylic acids is 2. The molecule has 0 spiro atoms. The van der Waals surface area contributed by atoms with Crippen molar-refractivity contribution in [2.24, 2.45) is 0 Å². The predicted octanol–water partition coefficient (Wildman–Crippen LogP) is 3.60. The second-order valence-electron chi connectivity index (χ2n) is 9.13. The Morgan fingerprint density at radius 3 is 2.35 bits per heavy atom. The summed E-state index contributed by atoms with van der Waals surface area (Å²) in [5.74, 6) is -0.0689. The standard InChI is InChI=1S/C26H34ClN3O6S/c1-18(26(32)28-21-10-5-6-11-21)29(16-19-8-7-9-20(27)14-19)25(31)17-30(37(4,33)34)22-12-13-23(35-2)24(15-22)36-3/h7-9,12-15,18,21H,5-6,10-11,16-17H2,1-4H3,(H,28,32)/t18-/m0/s1. The molecule has 1 saturated carbocycles. The minimum Gasteiger partial charge on any atom is -0.493 e. The van der Waals surface area contributed by atoms with Crippen molar-refractivity contribution in [1.29, 1.82) is 0 Å². The summed E-state index contributed by atoms with van der Waals surface area (Å²) < 4.78 is 37.1. The van der Waals surface area contributed by atoms with E-state index >= 15 is 0 Å². The molecule has 2 aromatic rings. The van der Waals surface area contributed by atoms with Crippen LogP contribution in [-0.4, -0.2) is 64.2 Å². The third kappa shape index (κ3) is 7.52. The number of hydrogen-bond donors (Lipinski definition) is 1. The van der Waals surface area contributed by atoms with Crippen molar-refractivity contribution in [3.05, 3.63) is 53.1 Å². The summed E-state index contributed by atoms with van der Waals surface area (Å²) in [6.45, 7) is 1.23. The first-order chi connectivity index (χ1) is 17.5. The number of amides is 2. The Hall–Kier alpha value is -2.98. The van der Waals surface area contributed by atoms with E-state index in [2.05, 4.69) is 5.32 Å². The van der Waals surface area contributed by atoms with Gasteiger partial charge in [-0.3, -0.25) is 13.9 Å². The maximum Gasteiger partial charge on any atom is 0.244 e. The maximum atomic E-state index is 13.7. The summed E-state index contributed by atoms with van der Waals surface area (Å²) >= 11 is 6.15. The molecule has 37 heavy (non-hydrogen) atoms. The maximum absolute atomic E-state index is 13.7. The zero-order chi connectivity index (χ0) is 27.2. The molecule has 1 N–H and O–H groups in total. The van der Waals surface area contributed by atoms with Crippen LogP contribution >= 0.6 is 11.6 Å². The number of methoxy groups -OCH3 is 2. The normalized spacial score (nSPS) is 14.6. The number of ether oxygens (including phenoxy) is 2. The molecule has 3 rings (SSSR count). The van der Waals surface area contributed by atoms with E-state index in [1.54, 1.807) is 37.3 Å². The van der Waals surface area contributed by atoms with Crippen LogP contribution in [0, 0.1) is 0 Å². The Labute approximate surface area is 223 Å². The number of carbonyl (C=O) groups is 2. The van der Waals surface area contributed by atoms with Gasteiger partial charge in [-0.1, -0.05) is 36.6 Å². The number of nitrogens with zero attached hydrogens (tertiary/aromatic N) is 2. The lowest BCUT2D eigenvalue weighted by Crippen LogP contribution is -2.52. The molecule has 0 bridgehead atoms. The summed E-state index contributed by atoms with van der Waals surface area (Å²) in [5, 5.41) is 3.53. The molecule has 0 aliphatic heterocycles. The molecule has 1 fully saturated rings. The molecule has 0 heterocycles. The number of sulfonamides is 1. The number of benzene rings is 2. The lowest BCUT2D eigenvalue weighted by atomic mass is 10.1. The average molecular weight is 552 g/mol. The summed E-state index contributed by atoms with van der Waals surface area (Å²) in [6, 6.07) is 10.8. The molecular weight excluding hydrogens is 518 g/mol. The first-order valence-corrected chi connectivity index (χ1v) is 14.3. The number of nitrogens with one attached hydrogen (secondary N) is 1. The fourth-order valence-corrected chi connectivity index (χ4v) is 5.45. The van der Waals surface area contributed by atoms with Gasteiger partial charge in [0.15, 0.2) is 11.5 Å². The zero-order valence-corrected chi connectivity index (χ0v) is 23.1. The van der Waals surface area contributed by atoms with Crippen LogP contribution in [0.4, 0.5) is 5.69 Å². The van der Waals surface area contributed by atoms with E-state index in [1.165, 1.54) is 31.3 Å². The van der Waals surface area contributed by atoms with E-state index in [0.717, 1.165) is 41.8 Å². The van der Waals surface area contributed by atoms with E-state index in [1.807, 2.05) is 0 Å². The first-order valence-electron chi connectivity index (χ1n) is 12.1. The molecule has 0 aromatic heterocycles. The van der Waals surface area contributed by atoms with Crippen molar-refractivity contribution in [3.63, 3.8) is 0 Å². The average Bonchev–Trinajstić information content (AvgIpc) is 3.37. The van der Waals surface area contributed by atoms with Crippen molar-refractivity contribution < 1.29 is 27.5 Å². The Balaban J connectivity index is 1.91. The zero-order valence-electron chi connectivity index (χ0n) is 21.6. The van der Waals surface area contributed by atoms with Crippen LogP contribution < -0.4 is 19.1 Å². The lowest BCUT2D eigenvalue weighted by molar-refractivity contribution is -0.139. The molecule has 11 heteroatoms. The highest BCUT2D eigenvalue weighted by Gasteiger charge is 2.31. The fraction of sp³-hybridized carbons (Fsp3) is 0.462. The van der Waals surface area contributed by atoms with Gasteiger partial charge in [0, 0.05) is 23.7 Å². The van der Waals surface area contributed by atoms with Gasteiger partial charge in [0.1, 0.15) is 12.6 Å². The Morgan fingerprint density at radius 2 is 1.76 bits per heavy atom. The highest BCUT2D eigenvalue weighted by molar-refractivity contribution is 7.92. The SMILES string of the molecule is COc1ccc(N(CC(=O)N(Cc2cccc(Cl)c2)[C@@H](C)C(=O)NC2CCCC2)S(C)(=O)=O)cc1OC. The topological polar surface area (TPSA) is 105 Å². The second-order valence-corrected chi connectivity index (χ2v) is 11.5. The van der Waals surface area contributed by atoms with Gasteiger partial charge in [-0.25, -0.2) is 8.42 Å². The van der Waals surface area contributed by atoms with Crippen molar-refractivity contribution in [2.75, 3.05) is 31.3 Å². The number of anilines is 1. The molecule has 202 valence electrons. The summed E-state index contributed by atoms with van der Waals surface area (Å²) in [6.07, 6.45) is 4.94. The minimum atomic E-state index is -3.87. The van der Waals surface area contributed by atoms with E-state index in [0.29, 0.717) is 16.5 Å². The van der Waals surface area contributed by atoms with E-state index in [-0.39, 0.29) is 24.2 Å². The van der Waals surface area contributed by atoms with Gasteiger partial charge in [0.05, 0.1) is 26.2 Å². The second kappa shape index (κ2) is 12.5. The largest absolute Gasteiger partial charge is 0.493 e. The van der Waals surface area contributed by atoms with E-state index in [4.69, 9.17) is 21.1 Å². The van der Waals surface area contributed by atoms with E-state index < -0.39 is 28.5 Å². The van der Waals surface area contributed by atoms with Gasteiger partial charge in [0.2, 0.25) is 21.8 Å². The van der Waals surface area contributed by atoms with Gasteiger partial charge in [-0.05, 0) is 49.6 Å². The summed E-state index contributed by atoms with van der Waals surface area (Å²) in [7, 11) is -0.955. The van der Waals surface area contributed by atoms with Gasteiger partial charge in [-0.15, -0.1) is 0 Å². The molecule has 1 atom stereocenters. The number of hydrogen-bond acceptors (Lipinski definition) is 6. The molecule has 1 aliphatic rings. The molecule has 9 nitrogen and oxygen atoms in total. The van der Waals surface area contributed by atoms with Crippen molar-refractivity contribution in [2.45, 2.75) is 51.2 Å². The van der Waals surface area contributed by atoms with Crippen LogP contribution in [0.2, 0.25) is 5.02 Å². The highest BCUT2D eigenvalue weighted by Crippen LogP contribution is 2.32. The van der Waals surface area contributed by atoms with Gasteiger partial charge in [0.25, 0.3) is 0 Å². The van der Waals surface area contributed by atoms with Crippen LogP contribution in [0.5, 0.6) is 11.5 Å². The molecule has 2 amide bonds.